The molecule has 0 aliphatic carbocycles. The Morgan fingerprint density at radius 1 is 1.73 bits per heavy atom. The fraction of sp³-hybridized carbons (Fsp3) is 0.625. The molecular formula is C8H14N2O. The van der Waals surface area contributed by atoms with Gasteiger partial charge in [-0.05, 0) is 6.92 Å². The number of nitrogens with zero attached hydrogens (tertiary/aromatic N) is 2. The summed E-state index contributed by atoms with van der Waals surface area (Å²) in [4.78, 5) is 6.19. The Labute approximate surface area is 67.4 Å². The fourth-order valence-electron chi connectivity index (χ4n) is 1.12. The average molecular weight is 154 g/mol. The third-order valence-corrected chi connectivity index (χ3v) is 1.72. The molecule has 0 spiro atoms. The SMILES string of the molecule is C=C(C)N1CCOCC1=NC. The van der Waals surface area contributed by atoms with Gasteiger partial charge in [-0.2, -0.15) is 0 Å². The molecule has 0 aromatic carbocycles. The predicted molar refractivity (Wildman–Crippen MR) is 45.7 cm³/mol. The summed E-state index contributed by atoms with van der Waals surface area (Å²) in [6.07, 6.45) is 0. The zero-order valence-electron chi connectivity index (χ0n) is 7.13. The highest BCUT2D eigenvalue weighted by molar-refractivity contribution is 5.85. The maximum Gasteiger partial charge on any atom is 0.129 e. The first-order valence-corrected chi connectivity index (χ1v) is 3.72. The quantitative estimate of drug-likeness (QED) is 0.560. The van der Waals surface area contributed by atoms with E-state index in [1.807, 2.05) is 6.92 Å². The van der Waals surface area contributed by atoms with Crippen LogP contribution in [0.3, 0.4) is 0 Å². The van der Waals surface area contributed by atoms with Crippen molar-refractivity contribution in [3.05, 3.63) is 12.3 Å². The molecule has 0 amide bonds. The van der Waals surface area contributed by atoms with E-state index in [1.54, 1.807) is 7.05 Å². The van der Waals surface area contributed by atoms with Crippen molar-refractivity contribution >= 4 is 5.84 Å². The minimum atomic E-state index is 0.614. The summed E-state index contributed by atoms with van der Waals surface area (Å²) in [6.45, 7) is 8.11. The van der Waals surface area contributed by atoms with Crippen molar-refractivity contribution in [1.29, 1.82) is 0 Å². The topological polar surface area (TPSA) is 24.8 Å². The highest BCUT2D eigenvalue weighted by atomic mass is 16.5. The molecule has 0 atom stereocenters. The first kappa shape index (κ1) is 8.27. The first-order chi connectivity index (χ1) is 5.25. The first-order valence-electron chi connectivity index (χ1n) is 3.72. The largest absolute Gasteiger partial charge is 0.372 e. The molecule has 1 rings (SSSR count). The number of morpholine rings is 1. The van der Waals surface area contributed by atoms with Crippen molar-refractivity contribution in [3.8, 4) is 0 Å². The van der Waals surface area contributed by atoms with Gasteiger partial charge in [-0.15, -0.1) is 0 Å². The molecule has 3 heteroatoms. The van der Waals surface area contributed by atoms with Gasteiger partial charge in [0.05, 0.1) is 6.61 Å². The van der Waals surface area contributed by atoms with Crippen molar-refractivity contribution in [3.63, 3.8) is 0 Å². The van der Waals surface area contributed by atoms with E-state index in [0.717, 1.165) is 24.7 Å². The molecule has 1 saturated heterocycles. The van der Waals surface area contributed by atoms with Crippen molar-refractivity contribution in [2.75, 3.05) is 26.8 Å². The van der Waals surface area contributed by atoms with Crippen molar-refractivity contribution < 1.29 is 4.74 Å². The molecule has 1 heterocycles. The normalized spacial score (nSPS) is 22.4. The smallest absolute Gasteiger partial charge is 0.129 e. The summed E-state index contributed by atoms with van der Waals surface area (Å²) in [5.74, 6) is 0.976. The van der Waals surface area contributed by atoms with Gasteiger partial charge in [0.25, 0.3) is 0 Å². The van der Waals surface area contributed by atoms with Gasteiger partial charge >= 0.3 is 0 Å². The maximum atomic E-state index is 5.24. The summed E-state index contributed by atoms with van der Waals surface area (Å²) in [5.41, 5.74) is 1.04. The fourth-order valence-corrected chi connectivity index (χ4v) is 1.12. The number of hydrogen-bond donors (Lipinski definition) is 0. The molecule has 0 bridgehead atoms. The predicted octanol–water partition coefficient (Wildman–Crippen LogP) is 0.880. The minimum Gasteiger partial charge on any atom is -0.372 e. The summed E-state index contributed by atoms with van der Waals surface area (Å²) in [7, 11) is 1.78. The van der Waals surface area contributed by atoms with Crippen LogP contribution in [0, 0.1) is 0 Å². The Morgan fingerprint density at radius 3 is 2.91 bits per heavy atom. The van der Waals surface area contributed by atoms with Crippen molar-refractivity contribution in [1.82, 2.24) is 4.90 Å². The van der Waals surface area contributed by atoms with Gasteiger partial charge in [0.2, 0.25) is 0 Å². The van der Waals surface area contributed by atoms with Crippen molar-refractivity contribution in [2.45, 2.75) is 6.92 Å². The lowest BCUT2D eigenvalue weighted by atomic mass is 10.3. The number of aliphatic imine (C=N–C) groups is 1. The second-order valence-corrected chi connectivity index (χ2v) is 2.58. The van der Waals surface area contributed by atoms with Gasteiger partial charge in [0, 0.05) is 19.3 Å². The lowest BCUT2D eigenvalue weighted by Gasteiger charge is -2.29. The number of hydrogen-bond acceptors (Lipinski definition) is 2. The zero-order valence-corrected chi connectivity index (χ0v) is 7.13. The molecule has 62 valence electrons. The van der Waals surface area contributed by atoms with Crippen LogP contribution < -0.4 is 0 Å². The van der Waals surface area contributed by atoms with Crippen LogP contribution in [0.5, 0.6) is 0 Å². The molecule has 0 aromatic rings. The molecule has 11 heavy (non-hydrogen) atoms. The lowest BCUT2D eigenvalue weighted by molar-refractivity contribution is 0.127. The summed E-state index contributed by atoms with van der Waals surface area (Å²) >= 11 is 0. The Kier molecular flexibility index (Phi) is 2.65. The summed E-state index contributed by atoms with van der Waals surface area (Å²) in [5, 5.41) is 0. The van der Waals surface area contributed by atoms with Crippen LogP contribution in [0.15, 0.2) is 17.3 Å². The standard InChI is InChI=1S/C8H14N2O/c1-7(2)10-4-5-11-6-8(10)9-3/h1,4-6H2,2-3H3. The van der Waals surface area contributed by atoms with E-state index in [2.05, 4.69) is 16.5 Å². The van der Waals surface area contributed by atoms with E-state index in [9.17, 15) is 0 Å². The molecule has 0 saturated carbocycles. The number of allylic oxidation sites excluding steroid dienone is 1. The third kappa shape index (κ3) is 1.80. The van der Waals surface area contributed by atoms with E-state index in [4.69, 9.17) is 4.74 Å². The second-order valence-electron chi connectivity index (χ2n) is 2.58. The number of ether oxygens (including phenoxy) is 1. The van der Waals surface area contributed by atoms with Crippen LogP contribution in [0.4, 0.5) is 0 Å². The van der Waals surface area contributed by atoms with Crippen LogP contribution in [0.2, 0.25) is 0 Å². The highest BCUT2D eigenvalue weighted by Gasteiger charge is 2.15. The second kappa shape index (κ2) is 3.53. The van der Waals surface area contributed by atoms with Gasteiger partial charge in [-0.25, -0.2) is 0 Å². The number of amidine groups is 1. The highest BCUT2D eigenvalue weighted by Crippen LogP contribution is 2.06. The van der Waals surface area contributed by atoms with E-state index in [0.29, 0.717) is 6.61 Å². The molecule has 1 fully saturated rings. The van der Waals surface area contributed by atoms with E-state index >= 15 is 0 Å². The summed E-state index contributed by atoms with van der Waals surface area (Å²) in [6, 6.07) is 0. The lowest BCUT2D eigenvalue weighted by Crippen LogP contribution is -2.40. The Morgan fingerprint density at radius 2 is 2.45 bits per heavy atom. The van der Waals surface area contributed by atoms with Crippen LogP contribution >= 0.6 is 0 Å². The van der Waals surface area contributed by atoms with E-state index in [-0.39, 0.29) is 0 Å². The van der Waals surface area contributed by atoms with E-state index in [1.165, 1.54) is 0 Å². The van der Waals surface area contributed by atoms with Gasteiger partial charge in [-0.3, -0.25) is 4.99 Å². The minimum absolute atomic E-state index is 0.614. The maximum absolute atomic E-state index is 5.24. The van der Waals surface area contributed by atoms with Gasteiger partial charge in [0.1, 0.15) is 12.4 Å². The Balaban J connectivity index is 2.67. The molecule has 0 N–H and O–H groups in total. The van der Waals surface area contributed by atoms with Gasteiger partial charge in [-0.1, -0.05) is 6.58 Å². The molecule has 0 aromatic heterocycles. The molecule has 0 radical (unpaired) electrons. The molecule has 1 aliphatic rings. The van der Waals surface area contributed by atoms with Crippen LogP contribution in [-0.4, -0.2) is 37.5 Å². The van der Waals surface area contributed by atoms with E-state index < -0.39 is 0 Å². The van der Waals surface area contributed by atoms with Gasteiger partial charge in [0.15, 0.2) is 0 Å². The number of rotatable bonds is 1. The average Bonchev–Trinajstić information content (AvgIpc) is 2.04. The third-order valence-electron chi connectivity index (χ3n) is 1.72. The molecular weight excluding hydrogens is 140 g/mol. The molecule has 1 aliphatic heterocycles. The summed E-state index contributed by atoms with van der Waals surface area (Å²) < 4.78 is 5.24. The Bertz CT molecular complexity index is 187. The van der Waals surface area contributed by atoms with Gasteiger partial charge < -0.3 is 9.64 Å². The Hall–Kier alpha value is -0.830. The van der Waals surface area contributed by atoms with Crippen LogP contribution in [0.1, 0.15) is 6.92 Å². The molecule has 0 unspecified atom stereocenters. The molecule has 3 nitrogen and oxygen atoms in total. The van der Waals surface area contributed by atoms with Crippen LogP contribution in [0.25, 0.3) is 0 Å². The van der Waals surface area contributed by atoms with Crippen molar-refractivity contribution in [2.24, 2.45) is 4.99 Å². The monoisotopic (exact) mass is 154 g/mol. The zero-order chi connectivity index (χ0) is 8.27. The van der Waals surface area contributed by atoms with Crippen LogP contribution in [-0.2, 0) is 4.74 Å².